The fraction of sp³-hybridized carbons (Fsp3) is 0.182. The molecule has 0 spiro atoms. The van der Waals surface area contributed by atoms with Gasteiger partial charge in [-0.15, -0.1) is 0 Å². The SMILES string of the molecule is CC(=O)C(=CN)C(C)=Nc1cc(Cl)ccn1. The van der Waals surface area contributed by atoms with E-state index in [0.717, 1.165) is 0 Å². The predicted octanol–water partition coefficient (Wildman–Crippen LogP) is 2.26. The molecule has 1 heterocycles. The van der Waals surface area contributed by atoms with Crippen molar-refractivity contribution in [3.63, 3.8) is 0 Å². The van der Waals surface area contributed by atoms with Gasteiger partial charge in [0.1, 0.15) is 0 Å². The first kappa shape index (κ1) is 12.4. The zero-order valence-electron chi connectivity index (χ0n) is 9.07. The molecule has 2 N–H and O–H groups in total. The quantitative estimate of drug-likeness (QED) is 0.648. The number of nitrogens with zero attached hydrogens (tertiary/aromatic N) is 2. The van der Waals surface area contributed by atoms with Crippen molar-refractivity contribution in [3.05, 3.63) is 35.1 Å². The summed E-state index contributed by atoms with van der Waals surface area (Å²) >= 11 is 5.79. The number of ketones is 1. The molecule has 0 radical (unpaired) electrons. The first-order valence-electron chi connectivity index (χ1n) is 4.64. The number of rotatable bonds is 3. The lowest BCUT2D eigenvalue weighted by Crippen LogP contribution is -2.08. The molecule has 5 heteroatoms. The first-order valence-corrected chi connectivity index (χ1v) is 5.02. The summed E-state index contributed by atoms with van der Waals surface area (Å²) in [6.07, 6.45) is 2.79. The molecule has 16 heavy (non-hydrogen) atoms. The number of Topliss-reactive ketones (excluding diaryl/α,β-unsaturated/α-hetero) is 1. The van der Waals surface area contributed by atoms with Gasteiger partial charge in [0, 0.05) is 23.5 Å². The van der Waals surface area contributed by atoms with Gasteiger partial charge in [0.05, 0.1) is 11.3 Å². The lowest BCUT2D eigenvalue weighted by Gasteiger charge is -2.01. The van der Waals surface area contributed by atoms with Crippen LogP contribution in [0.3, 0.4) is 0 Å². The summed E-state index contributed by atoms with van der Waals surface area (Å²) in [5, 5.41) is 0.544. The van der Waals surface area contributed by atoms with E-state index in [-0.39, 0.29) is 5.78 Å². The van der Waals surface area contributed by atoms with E-state index in [1.165, 1.54) is 13.1 Å². The van der Waals surface area contributed by atoms with Gasteiger partial charge in [-0.05, 0) is 19.9 Å². The van der Waals surface area contributed by atoms with Gasteiger partial charge in [-0.1, -0.05) is 11.6 Å². The average molecular weight is 238 g/mol. The molecule has 84 valence electrons. The maximum absolute atomic E-state index is 11.2. The number of carbonyl (C=O) groups excluding carboxylic acids is 1. The van der Waals surface area contributed by atoms with Gasteiger partial charge in [-0.25, -0.2) is 9.98 Å². The van der Waals surface area contributed by atoms with Gasteiger partial charge in [-0.2, -0.15) is 0 Å². The number of pyridine rings is 1. The van der Waals surface area contributed by atoms with Crippen LogP contribution in [-0.4, -0.2) is 16.5 Å². The number of hydrogen-bond acceptors (Lipinski definition) is 4. The second kappa shape index (κ2) is 5.42. The normalized spacial score (nSPS) is 12.7. The van der Waals surface area contributed by atoms with Crippen molar-refractivity contribution in [2.75, 3.05) is 0 Å². The van der Waals surface area contributed by atoms with Crippen LogP contribution in [0.4, 0.5) is 5.82 Å². The Morgan fingerprint density at radius 1 is 1.56 bits per heavy atom. The molecule has 1 rings (SSSR count). The van der Waals surface area contributed by atoms with Crippen LogP contribution >= 0.6 is 11.6 Å². The smallest absolute Gasteiger partial charge is 0.163 e. The zero-order valence-corrected chi connectivity index (χ0v) is 9.82. The molecule has 0 fully saturated rings. The number of hydrogen-bond donors (Lipinski definition) is 1. The highest BCUT2D eigenvalue weighted by Crippen LogP contribution is 2.15. The Labute approximate surface area is 98.9 Å². The van der Waals surface area contributed by atoms with E-state index in [9.17, 15) is 4.79 Å². The number of carbonyl (C=O) groups is 1. The third kappa shape index (κ3) is 3.17. The molecule has 0 atom stereocenters. The summed E-state index contributed by atoms with van der Waals surface area (Å²) in [5.41, 5.74) is 6.24. The van der Waals surface area contributed by atoms with Crippen molar-refractivity contribution in [1.29, 1.82) is 0 Å². The topological polar surface area (TPSA) is 68.3 Å². The van der Waals surface area contributed by atoms with E-state index in [1.54, 1.807) is 25.3 Å². The van der Waals surface area contributed by atoms with Crippen LogP contribution in [0, 0.1) is 0 Å². The van der Waals surface area contributed by atoms with Gasteiger partial charge in [0.2, 0.25) is 0 Å². The Kier molecular flexibility index (Phi) is 4.19. The standard InChI is InChI=1S/C11H12ClN3O/c1-7(10(6-13)8(2)16)15-11-5-9(12)3-4-14-11/h3-6H,13H2,1-2H3. The van der Waals surface area contributed by atoms with E-state index in [4.69, 9.17) is 17.3 Å². The Bertz CT molecular complexity index is 466. The minimum absolute atomic E-state index is 0.134. The number of halogens is 1. The maximum Gasteiger partial charge on any atom is 0.163 e. The lowest BCUT2D eigenvalue weighted by molar-refractivity contribution is -0.113. The van der Waals surface area contributed by atoms with E-state index < -0.39 is 0 Å². The van der Waals surface area contributed by atoms with Crippen LogP contribution in [0.5, 0.6) is 0 Å². The summed E-state index contributed by atoms with van der Waals surface area (Å²) in [4.78, 5) is 19.4. The molecule has 0 aromatic carbocycles. The van der Waals surface area contributed by atoms with Crippen molar-refractivity contribution >= 4 is 28.9 Å². The number of allylic oxidation sites excluding steroid dienone is 1. The summed E-state index contributed by atoms with van der Waals surface area (Å²) in [6, 6.07) is 3.26. The average Bonchev–Trinajstić information content (AvgIpc) is 2.17. The monoisotopic (exact) mass is 237 g/mol. The van der Waals surface area contributed by atoms with Crippen LogP contribution in [-0.2, 0) is 4.79 Å². The number of nitrogens with two attached hydrogens (primary N) is 1. The van der Waals surface area contributed by atoms with Crippen molar-refractivity contribution in [1.82, 2.24) is 4.98 Å². The first-order chi connectivity index (χ1) is 7.54. The predicted molar refractivity (Wildman–Crippen MR) is 65.0 cm³/mol. The second-order valence-corrected chi connectivity index (χ2v) is 3.60. The molecule has 1 aromatic rings. The van der Waals surface area contributed by atoms with Crippen LogP contribution in [0.2, 0.25) is 5.02 Å². The Balaban J connectivity index is 3.05. The number of aromatic nitrogens is 1. The highest BCUT2D eigenvalue weighted by atomic mass is 35.5. The summed E-state index contributed by atoms with van der Waals surface area (Å²) in [5.74, 6) is 0.316. The van der Waals surface area contributed by atoms with Gasteiger partial charge in [0.15, 0.2) is 11.6 Å². The van der Waals surface area contributed by atoms with Gasteiger partial charge in [-0.3, -0.25) is 4.79 Å². The van der Waals surface area contributed by atoms with E-state index in [2.05, 4.69) is 9.98 Å². The molecule has 0 saturated carbocycles. The fourth-order valence-corrected chi connectivity index (χ4v) is 1.33. The molecule has 0 bridgehead atoms. The molecule has 0 amide bonds. The zero-order chi connectivity index (χ0) is 12.1. The molecular weight excluding hydrogens is 226 g/mol. The van der Waals surface area contributed by atoms with Crippen LogP contribution < -0.4 is 5.73 Å². The molecule has 0 aliphatic carbocycles. The Morgan fingerprint density at radius 2 is 2.25 bits per heavy atom. The van der Waals surface area contributed by atoms with Crippen molar-refractivity contribution in [3.8, 4) is 0 Å². The van der Waals surface area contributed by atoms with E-state index in [0.29, 0.717) is 22.1 Å². The third-order valence-electron chi connectivity index (χ3n) is 1.93. The molecule has 1 aromatic heterocycles. The second-order valence-electron chi connectivity index (χ2n) is 3.17. The minimum Gasteiger partial charge on any atom is -0.404 e. The molecule has 0 unspecified atom stereocenters. The van der Waals surface area contributed by atoms with Crippen molar-refractivity contribution in [2.45, 2.75) is 13.8 Å². The lowest BCUT2D eigenvalue weighted by atomic mass is 10.1. The number of aliphatic imine (C=N–C) groups is 1. The highest BCUT2D eigenvalue weighted by molar-refractivity contribution is 6.30. The summed E-state index contributed by atoms with van der Waals surface area (Å²) in [6.45, 7) is 3.13. The van der Waals surface area contributed by atoms with Crippen LogP contribution in [0.1, 0.15) is 13.8 Å². The molecule has 0 aliphatic heterocycles. The summed E-state index contributed by atoms with van der Waals surface area (Å²) in [7, 11) is 0. The Morgan fingerprint density at radius 3 is 2.75 bits per heavy atom. The van der Waals surface area contributed by atoms with Gasteiger partial charge < -0.3 is 5.73 Å². The van der Waals surface area contributed by atoms with Crippen molar-refractivity contribution < 1.29 is 4.79 Å². The molecule has 4 nitrogen and oxygen atoms in total. The summed E-state index contributed by atoms with van der Waals surface area (Å²) < 4.78 is 0. The van der Waals surface area contributed by atoms with Crippen LogP contribution in [0.15, 0.2) is 35.1 Å². The molecule has 0 saturated heterocycles. The third-order valence-corrected chi connectivity index (χ3v) is 2.16. The molecule has 0 aliphatic rings. The highest BCUT2D eigenvalue weighted by Gasteiger charge is 2.07. The van der Waals surface area contributed by atoms with Gasteiger partial charge >= 0.3 is 0 Å². The van der Waals surface area contributed by atoms with E-state index >= 15 is 0 Å². The van der Waals surface area contributed by atoms with Crippen molar-refractivity contribution in [2.24, 2.45) is 10.7 Å². The maximum atomic E-state index is 11.2. The van der Waals surface area contributed by atoms with Gasteiger partial charge in [0.25, 0.3) is 0 Å². The Hall–Kier alpha value is -1.68. The van der Waals surface area contributed by atoms with E-state index in [1.807, 2.05) is 0 Å². The fourth-order valence-electron chi connectivity index (χ4n) is 1.18. The minimum atomic E-state index is -0.134. The van der Waals surface area contributed by atoms with Crippen LogP contribution in [0.25, 0.3) is 0 Å². The largest absolute Gasteiger partial charge is 0.404 e. The molecular formula is C11H12ClN3O.